The minimum absolute atomic E-state index is 0.0526. The van der Waals surface area contributed by atoms with Crippen LogP contribution in [0.25, 0.3) is 0 Å². The molecule has 0 unspecified atom stereocenters. The van der Waals surface area contributed by atoms with E-state index < -0.39 is 29.4 Å². The summed E-state index contributed by atoms with van der Waals surface area (Å²) in [6.45, 7) is 2.20. The molecule has 0 saturated carbocycles. The number of hydrogen-bond donors (Lipinski definition) is 3. The first-order valence-corrected chi connectivity index (χ1v) is 8.15. The Labute approximate surface area is 156 Å². The van der Waals surface area contributed by atoms with Gasteiger partial charge in [-0.05, 0) is 19.1 Å². The number of benzene rings is 1. The van der Waals surface area contributed by atoms with Crippen LogP contribution in [0.15, 0.2) is 42.6 Å². The van der Waals surface area contributed by atoms with Gasteiger partial charge in [-0.15, -0.1) is 0 Å². The maximum Gasteiger partial charge on any atom is 0.432 e. The normalized spacial score (nSPS) is 11.3. The van der Waals surface area contributed by atoms with Crippen molar-refractivity contribution < 1.29 is 22.8 Å². The lowest BCUT2D eigenvalue weighted by Gasteiger charge is -2.05. The number of rotatable bonds is 5. The molecule has 0 fully saturated rings. The summed E-state index contributed by atoms with van der Waals surface area (Å²) in [4.78, 5) is 24.8. The summed E-state index contributed by atoms with van der Waals surface area (Å²) in [6.07, 6.45) is -3.24. The third-order valence-electron chi connectivity index (χ3n) is 3.70. The third-order valence-corrected chi connectivity index (χ3v) is 3.70. The lowest BCUT2D eigenvalue weighted by molar-refractivity contribution is -0.141. The van der Waals surface area contributed by atoms with Crippen molar-refractivity contribution in [3.05, 3.63) is 59.7 Å². The van der Waals surface area contributed by atoms with Crippen LogP contribution in [-0.2, 0) is 12.7 Å². The molecule has 28 heavy (non-hydrogen) atoms. The topological polar surface area (TPSA) is 105 Å². The second-order valence-electron chi connectivity index (χ2n) is 5.69. The number of H-pyrrole nitrogens is 1. The van der Waals surface area contributed by atoms with E-state index in [0.717, 1.165) is 0 Å². The van der Waals surface area contributed by atoms with E-state index >= 15 is 0 Å². The van der Waals surface area contributed by atoms with E-state index in [1.807, 2.05) is 0 Å². The molecule has 2 aromatic heterocycles. The van der Waals surface area contributed by atoms with Gasteiger partial charge in [-0.1, -0.05) is 18.2 Å². The molecule has 0 spiro atoms. The molecule has 0 atom stereocenters. The molecule has 2 amide bonds. The van der Waals surface area contributed by atoms with Gasteiger partial charge in [-0.25, -0.2) is 0 Å². The second-order valence-corrected chi connectivity index (χ2v) is 5.69. The molecular formula is C17H15F3N6O2. The predicted molar refractivity (Wildman–Crippen MR) is 93.8 cm³/mol. The van der Waals surface area contributed by atoms with Crippen LogP contribution in [-0.4, -0.2) is 31.8 Å². The van der Waals surface area contributed by atoms with Crippen LogP contribution < -0.4 is 10.6 Å². The molecule has 2 heterocycles. The van der Waals surface area contributed by atoms with Crippen molar-refractivity contribution in [1.82, 2.24) is 20.0 Å². The second kappa shape index (κ2) is 7.55. The first kappa shape index (κ1) is 19.1. The highest BCUT2D eigenvalue weighted by molar-refractivity contribution is 6.11. The summed E-state index contributed by atoms with van der Waals surface area (Å²) >= 11 is 0. The van der Waals surface area contributed by atoms with E-state index in [1.54, 1.807) is 42.4 Å². The highest BCUT2D eigenvalue weighted by atomic mass is 19.4. The number of hydrogen-bond acceptors (Lipinski definition) is 4. The summed E-state index contributed by atoms with van der Waals surface area (Å²) < 4.78 is 39.4. The zero-order valence-corrected chi connectivity index (χ0v) is 14.5. The quantitative estimate of drug-likeness (QED) is 0.620. The van der Waals surface area contributed by atoms with Crippen LogP contribution in [0, 0.1) is 0 Å². The smallest absolute Gasteiger partial charge is 0.321 e. The van der Waals surface area contributed by atoms with E-state index in [1.165, 1.54) is 10.9 Å². The molecule has 1 aromatic carbocycles. The highest BCUT2D eigenvalue weighted by Gasteiger charge is 2.34. The Bertz CT molecular complexity index is 994. The van der Waals surface area contributed by atoms with Crippen molar-refractivity contribution in [2.45, 2.75) is 19.6 Å². The summed E-state index contributed by atoms with van der Waals surface area (Å²) in [5.41, 5.74) is -1.12. The molecule has 0 aliphatic heterocycles. The maximum atomic E-state index is 12.6. The number of aromatic nitrogens is 4. The molecule has 8 nitrogen and oxygen atoms in total. The van der Waals surface area contributed by atoms with Gasteiger partial charge in [0.05, 0.1) is 5.69 Å². The van der Waals surface area contributed by atoms with Gasteiger partial charge in [0.15, 0.2) is 11.4 Å². The van der Waals surface area contributed by atoms with Gasteiger partial charge in [-0.2, -0.15) is 23.4 Å². The number of aromatic amines is 1. The van der Waals surface area contributed by atoms with E-state index in [2.05, 4.69) is 20.8 Å². The molecule has 3 aromatic rings. The number of nitrogens with zero attached hydrogens (tertiary/aromatic N) is 3. The largest absolute Gasteiger partial charge is 0.432 e. The van der Waals surface area contributed by atoms with Crippen LogP contribution in [0.3, 0.4) is 0 Å². The van der Waals surface area contributed by atoms with Gasteiger partial charge < -0.3 is 10.6 Å². The number of amides is 2. The Morgan fingerprint density at radius 2 is 1.86 bits per heavy atom. The number of carbonyl (C=O) groups excluding carboxylic acids is 2. The first-order valence-electron chi connectivity index (χ1n) is 8.15. The Kier molecular flexibility index (Phi) is 5.16. The summed E-state index contributed by atoms with van der Waals surface area (Å²) in [7, 11) is 0. The van der Waals surface area contributed by atoms with Gasteiger partial charge in [0, 0.05) is 24.5 Å². The van der Waals surface area contributed by atoms with Gasteiger partial charge >= 0.3 is 6.18 Å². The number of aryl methyl sites for hydroxylation is 1. The number of nitrogens with one attached hydrogen (secondary N) is 3. The zero-order valence-electron chi connectivity index (χ0n) is 14.5. The fourth-order valence-corrected chi connectivity index (χ4v) is 2.32. The molecule has 0 bridgehead atoms. The lowest BCUT2D eigenvalue weighted by atomic mass is 10.2. The van der Waals surface area contributed by atoms with Crippen LogP contribution >= 0.6 is 0 Å². The molecule has 0 saturated heterocycles. The van der Waals surface area contributed by atoms with Crippen molar-refractivity contribution in [1.29, 1.82) is 0 Å². The van der Waals surface area contributed by atoms with Gasteiger partial charge in [0.25, 0.3) is 11.8 Å². The lowest BCUT2D eigenvalue weighted by Crippen LogP contribution is -2.18. The van der Waals surface area contributed by atoms with E-state index in [4.69, 9.17) is 0 Å². The monoisotopic (exact) mass is 392 g/mol. The molecule has 146 valence electrons. The predicted octanol–water partition coefficient (Wildman–Crippen LogP) is 3.15. The average Bonchev–Trinajstić information content (AvgIpc) is 3.29. The Morgan fingerprint density at radius 1 is 1.14 bits per heavy atom. The number of carbonyl (C=O) groups is 2. The zero-order chi connectivity index (χ0) is 20.3. The molecule has 0 aliphatic rings. The van der Waals surface area contributed by atoms with Crippen LogP contribution in [0.2, 0.25) is 0 Å². The molecular weight excluding hydrogens is 377 g/mol. The number of alkyl halides is 3. The van der Waals surface area contributed by atoms with Crippen molar-refractivity contribution in [3.8, 4) is 0 Å². The van der Waals surface area contributed by atoms with E-state index in [0.29, 0.717) is 18.3 Å². The van der Waals surface area contributed by atoms with Crippen molar-refractivity contribution in [3.63, 3.8) is 0 Å². The molecule has 11 heteroatoms. The van der Waals surface area contributed by atoms with Crippen molar-refractivity contribution in [2.75, 3.05) is 10.6 Å². The van der Waals surface area contributed by atoms with E-state index in [-0.39, 0.29) is 11.4 Å². The average molecular weight is 392 g/mol. The summed E-state index contributed by atoms with van der Waals surface area (Å²) in [5, 5.41) is 14.2. The van der Waals surface area contributed by atoms with Crippen LogP contribution in [0.5, 0.6) is 0 Å². The fraction of sp³-hybridized carbons (Fsp3) is 0.176. The summed E-state index contributed by atoms with van der Waals surface area (Å²) in [6, 6.07) is 9.19. The summed E-state index contributed by atoms with van der Waals surface area (Å²) in [5.74, 6) is -1.48. The van der Waals surface area contributed by atoms with Crippen LogP contribution in [0.1, 0.15) is 33.6 Å². The van der Waals surface area contributed by atoms with Crippen LogP contribution in [0.4, 0.5) is 24.5 Å². The minimum Gasteiger partial charge on any atom is -0.321 e. The molecule has 0 aliphatic carbocycles. The maximum absolute atomic E-state index is 12.6. The van der Waals surface area contributed by atoms with Gasteiger partial charge in [0.1, 0.15) is 5.69 Å². The Morgan fingerprint density at radius 3 is 2.46 bits per heavy atom. The molecule has 0 radical (unpaired) electrons. The van der Waals surface area contributed by atoms with Gasteiger partial charge in [-0.3, -0.25) is 19.4 Å². The van der Waals surface area contributed by atoms with Crippen molar-refractivity contribution >= 4 is 23.2 Å². The highest BCUT2D eigenvalue weighted by Crippen LogP contribution is 2.28. The Balaban J connectivity index is 1.81. The number of halogens is 3. The number of para-hydroxylation sites is 1. The third kappa shape index (κ3) is 4.19. The van der Waals surface area contributed by atoms with E-state index in [9.17, 15) is 22.8 Å². The standard InChI is InChI=1S/C17H15F3N6O2/c1-2-26-9-12(14(25-26)16(28)21-10-6-4-3-5-7-10)22-15(27)11-8-13(24-23-11)17(18,19)20/h3-9H,2H2,1H3,(H,21,28)(H,22,27)(H,23,24). The number of anilines is 2. The Hall–Kier alpha value is -3.63. The first-order chi connectivity index (χ1) is 13.3. The SMILES string of the molecule is CCn1cc(NC(=O)c2cc(C(F)(F)F)[nH]n2)c(C(=O)Nc2ccccc2)n1. The minimum atomic E-state index is -4.65. The fourth-order valence-electron chi connectivity index (χ4n) is 2.32. The molecule has 3 rings (SSSR count). The van der Waals surface area contributed by atoms with Crippen molar-refractivity contribution in [2.24, 2.45) is 0 Å². The molecule has 3 N–H and O–H groups in total. The van der Waals surface area contributed by atoms with Gasteiger partial charge in [0.2, 0.25) is 0 Å².